The third-order valence-corrected chi connectivity index (χ3v) is 4.06. The lowest BCUT2D eigenvalue weighted by molar-refractivity contribution is 0.0698. The number of amides is 2. The van der Waals surface area contributed by atoms with Crippen molar-refractivity contribution in [2.24, 2.45) is 0 Å². The molecule has 0 atom stereocenters. The van der Waals surface area contributed by atoms with Gasteiger partial charge >= 0.3 is 5.97 Å². The van der Waals surface area contributed by atoms with Gasteiger partial charge in [0.15, 0.2) is 0 Å². The molecule has 116 valence electrons. The molecule has 3 aromatic rings. The van der Waals surface area contributed by atoms with Gasteiger partial charge in [0.2, 0.25) is 0 Å². The summed E-state index contributed by atoms with van der Waals surface area (Å²) in [7, 11) is 0. The fraction of sp³-hybridized carbons (Fsp3) is 0. The van der Waals surface area contributed by atoms with Gasteiger partial charge in [0, 0.05) is 23.2 Å². The summed E-state index contributed by atoms with van der Waals surface area (Å²) in [5.74, 6) is -1.94. The van der Waals surface area contributed by atoms with Gasteiger partial charge in [-0.15, -0.1) is 0 Å². The van der Waals surface area contributed by atoms with Crippen LogP contribution in [-0.2, 0) is 0 Å². The van der Waals surface area contributed by atoms with Crippen LogP contribution in [0.2, 0.25) is 0 Å². The summed E-state index contributed by atoms with van der Waals surface area (Å²) in [6, 6.07) is 11.0. The maximum Gasteiger partial charge on any atom is 0.336 e. The van der Waals surface area contributed by atoms with Crippen LogP contribution in [-0.4, -0.2) is 27.9 Å². The zero-order chi connectivity index (χ0) is 16.8. The van der Waals surface area contributed by atoms with Crippen LogP contribution in [0.5, 0.6) is 0 Å². The van der Waals surface area contributed by atoms with Crippen molar-refractivity contribution < 1.29 is 19.5 Å². The molecule has 1 aliphatic heterocycles. The number of benzene rings is 2. The molecule has 2 aromatic carbocycles. The molecule has 6 nitrogen and oxygen atoms in total. The summed E-state index contributed by atoms with van der Waals surface area (Å²) >= 11 is 0. The number of anilines is 1. The highest BCUT2D eigenvalue weighted by molar-refractivity contribution is 6.36. The Morgan fingerprint density at radius 1 is 0.917 bits per heavy atom. The number of carbonyl (C=O) groups is 3. The van der Waals surface area contributed by atoms with Crippen LogP contribution < -0.4 is 4.90 Å². The zero-order valence-electron chi connectivity index (χ0n) is 12.3. The molecule has 4 rings (SSSR count). The summed E-state index contributed by atoms with van der Waals surface area (Å²) in [5, 5.41) is 10.2. The molecule has 24 heavy (non-hydrogen) atoms. The number of carboxylic acid groups (broad SMARTS) is 1. The molecule has 2 heterocycles. The maximum absolute atomic E-state index is 12.6. The van der Waals surface area contributed by atoms with Crippen molar-refractivity contribution in [2.75, 3.05) is 4.90 Å². The first-order chi connectivity index (χ1) is 11.6. The van der Waals surface area contributed by atoms with E-state index in [0.29, 0.717) is 27.6 Å². The summed E-state index contributed by atoms with van der Waals surface area (Å²) in [4.78, 5) is 41.7. The predicted octanol–water partition coefficient (Wildman–Crippen LogP) is 2.73. The van der Waals surface area contributed by atoms with Crippen LogP contribution in [0, 0.1) is 0 Å². The second kappa shape index (κ2) is 4.99. The van der Waals surface area contributed by atoms with Crippen molar-refractivity contribution >= 4 is 34.2 Å². The van der Waals surface area contributed by atoms with Crippen LogP contribution in [0.1, 0.15) is 31.1 Å². The minimum absolute atomic E-state index is 0.0905. The molecule has 0 aliphatic carbocycles. The van der Waals surface area contributed by atoms with E-state index in [1.807, 2.05) is 0 Å². The molecule has 0 unspecified atom stereocenters. The fourth-order valence-electron chi connectivity index (χ4n) is 2.96. The van der Waals surface area contributed by atoms with Gasteiger partial charge in [-0.1, -0.05) is 12.1 Å². The fourth-order valence-corrected chi connectivity index (χ4v) is 2.96. The smallest absolute Gasteiger partial charge is 0.336 e. The van der Waals surface area contributed by atoms with Crippen molar-refractivity contribution in [3.8, 4) is 0 Å². The Morgan fingerprint density at radius 3 is 2.21 bits per heavy atom. The van der Waals surface area contributed by atoms with Gasteiger partial charge in [-0.3, -0.25) is 14.6 Å². The number of hydrogen-bond acceptors (Lipinski definition) is 4. The third-order valence-electron chi connectivity index (χ3n) is 4.06. The molecule has 1 N–H and O–H groups in total. The average Bonchev–Trinajstić information content (AvgIpc) is 2.85. The standard InChI is InChI=1S/C18H10N2O4/c21-16-11-3-1-2-4-12(11)17(22)20(16)15-6-5-13(18(23)24)10-7-8-19-9-14(10)15/h1-9H,(H,23,24). The molecule has 6 heteroatoms. The van der Waals surface area contributed by atoms with E-state index >= 15 is 0 Å². The van der Waals surface area contributed by atoms with Crippen LogP contribution in [0.25, 0.3) is 10.8 Å². The van der Waals surface area contributed by atoms with E-state index in [2.05, 4.69) is 4.98 Å². The Balaban J connectivity index is 1.96. The Bertz CT molecular complexity index is 1010. The summed E-state index contributed by atoms with van der Waals surface area (Å²) in [5.41, 5.74) is 1.09. The number of aromatic carboxylic acids is 1. The van der Waals surface area contributed by atoms with E-state index in [1.165, 1.54) is 24.5 Å². The second-order valence-electron chi connectivity index (χ2n) is 5.35. The molecule has 0 bridgehead atoms. The van der Waals surface area contributed by atoms with Crippen molar-refractivity contribution in [3.05, 3.63) is 71.5 Å². The molecule has 0 fully saturated rings. The number of pyridine rings is 1. The summed E-state index contributed by atoms with van der Waals surface area (Å²) < 4.78 is 0. The van der Waals surface area contributed by atoms with E-state index in [0.717, 1.165) is 4.90 Å². The topological polar surface area (TPSA) is 87.6 Å². The number of hydrogen-bond donors (Lipinski definition) is 1. The molecule has 0 saturated carbocycles. The van der Waals surface area contributed by atoms with E-state index in [-0.39, 0.29) is 5.56 Å². The quantitative estimate of drug-likeness (QED) is 0.734. The molecule has 1 aliphatic rings. The molecule has 0 radical (unpaired) electrons. The van der Waals surface area contributed by atoms with Gasteiger partial charge in [-0.25, -0.2) is 9.69 Å². The summed E-state index contributed by atoms with van der Waals surface area (Å²) in [6.45, 7) is 0. The van der Waals surface area contributed by atoms with E-state index in [4.69, 9.17) is 0 Å². The van der Waals surface area contributed by atoms with Crippen molar-refractivity contribution in [2.45, 2.75) is 0 Å². The normalized spacial score (nSPS) is 13.4. The van der Waals surface area contributed by atoms with E-state index < -0.39 is 17.8 Å². The number of carboxylic acids is 1. The zero-order valence-corrected chi connectivity index (χ0v) is 12.3. The van der Waals surface area contributed by atoms with Crippen LogP contribution >= 0.6 is 0 Å². The molecular formula is C18H10N2O4. The third kappa shape index (κ3) is 1.83. The Morgan fingerprint density at radius 2 is 1.58 bits per heavy atom. The first-order valence-corrected chi connectivity index (χ1v) is 7.17. The van der Waals surface area contributed by atoms with Gasteiger partial charge in [-0.2, -0.15) is 0 Å². The largest absolute Gasteiger partial charge is 0.478 e. The van der Waals surface area contributed by atoms with Crippen molar-refractivity contribution in [3.63, 3.8) is 0 Å². The van der Waals surface area contributed by atoms with Gasteiger partial charge in [0.05, 0.1) is 22.4 Å². The van der Waals surface area contributed by atoms with E-state index in [9.17, 15) is 19.5 Å². The van der Waals surface area contributed by atoms with Crippen LogP contribution in [0.3, 0.4) is 0 Å². The van der Waals surface area contributed by atoms with Gasteiger partial charge in [0.25, 0.3) is 11.8 Å². The van der Waals surface area contributed by atoms with Gasteiger partial charge in [-0.05, 0) is 30.3 Å². The Labute approximate surface area is 136 Å². The number of imide groups is 1. The number of fused-ring (bicyclic) bond motifs is 2. The predicted molar refractivity (Wildman–Crippen MR) is 86.3 cm³/mol. The SMILES string of the molecule is O=C(O)c1ccc(N2C(=O)c3ccccc3C2=O)c2cnccc12. The summed E-state index contributed by atoms with van der Waals surface area (Å²) in [6.07, 6.45) is 2.93. The lowest BCUT2D eigenvalue weighted by Crippen LogP contribution is -2.29. The lowest BCUT2D eigenvalue weighted by Gasteiger charge is -2.17. The molecule has 0 spiro atoms. The Kier molecular flexibility index (Phi) is 2.93. The molecular weight excluding hydrogens is 308 g/mol. The molecule has 1 aromatic heterocycles. The van der Waals surface area contributed by atoms with E-state index in [1.54, 1.807) is 30.3 Å². The monoisotopic (exact) mass is 318 g/mol. The van der Waals surface area contributed by atoms with Gasteiger partial charge in [0.1, 0.15) is 0 Å². The highest BCUT2D eigenvalue weighted by Gasteiger charge is 2.37. The number of nitrogens with zero attached hydrogens (tertiary/aromatic N) is 2. The second-order valence-corrected chi connectivity index (χ2v) is 5.35. The van der Waals surface area contributed by atoms with Crippen molar-refractivity contribution in [1.29, 1.82) is 0 Å². The lowest BCUT2D eigenvalue weighted by atomic mass is 10.0. The van der Waals surface area contributed by atoms with Crippen LogP contribution in [0.4, 0.5) is 5.69 Å². The highest BCUT2D eigenvalue weighted by atomic mass is 16.4. The maximum atomic E-state index is 12.6. The molecule has 0 saturated heterocycles. The van der Waals surface area contributed by atoms with Crippen molar-refractivity contribution in [1.82, 2.24) is 4.98 Å². The highest BCUT2D eigenvalue weighted by Crippen LogP contribution is 2.34. The van der Waals surface area contributed by atoms with Gasteiger partial charge < -0.3 is 5.11 Å². The first kappa shape index (κ1) is 14.1. The molecule has 2 amide bonds. The number of rotatable bonds is 2. The number of aromatic nitrogens is 1. The minimum Gasteiger partial charge on any atom is -0.478 e. The first-order valence-electron chi connectivity index (χ1n) is 7.17. The average molecular weight is 318 g/mol. The van der Waals surface area contributed by atoms with Crippen LogP contribution in [0.15, 0.2) is 54.9 Å². The number of carbonyl (C=O) groups excluding carboxylic acids is 2. The minimum atomic E-state index is -1.08. The Hall–Kier alpha value is -3.54.